The molecule has 2 aromatic carbocycles. The van der Waals surface area contributed by atoms with Gasteiger partial charge in [-0.05, 0) is 12.5 Å². The molecule has 1 saturated heterocycles. The topological polar surface area (TPSA) is 18.5 Å². The molecule has 1 heterocycles. The molecule has 1 aliphatic heterocycles. The monoisotopic (exact) mass is 446 g/mol. The van der Waals surface area contributed by atoms with Gasteiger partial charge < -0.3 is 33.5 Å². The molecule has 21 heavy (non-hydrogen) atoms. The summed E-state index contributed by atoms with van der Waals surface area (Å²) >= 11 is 0. The second kappa shape index (κ2) is 12.2. The van der Waals surface area contributed by atoms with Gasteiger partial charge in [-0.3, -0.25) is 0 Å². The molecule has 3 rings (SSSR count). The Balaban J connectivity index is 0.000000389. The van der Waals surface area contributed by atoms with Crippen molar-refractivity contribution in [3.63, 3.8) is 0 Å². The average molecular weight is 447 g/mol. The molecule has 2 aromatic rings. The third-order valence-electron chi connectivity index (χ3n) is 2.93. The fourth-order valence-electron chi connectivity index (χ4n) is 1.88. The summed E-state index contributed by atoms with van der Waals surface area (Å²) in [5.41, 5.74) is 2.53. The molecule has 0 aliphatic carbocycles. The molecule has 0 spiro atoms. The van der Waals surface area contributed by atoms with E-state index >= 15 is 0 Å². The van der Waals surface area contributed by atoms with Crippen molar-refractivity contribution in [2.24, 2.45) is 0 Å². The van der Waals surface area contributed by atoms with Gasteiger partial charge in [-0.15, -0.1) is 0 Å². The van der Waals surface area contributed by atoms with Crippen molar-refractivity contribution in [1.29, 1.82) is 0 Å². The second-order valence-electron chi connectivity index (χ2n) is 4.50. The minimum atomic E-state index is 0. The molecule has 0 aromatic heterocycles. The van der Waals surface area contributed by atoms with E-state index in [0.29, 0.717) is 13.2 Å². The van der Waals surface area contributed by atoms with Crippen molar-refractivity contribution < 1.29 is 50.5 Å². The number of halogens is 1. The van der Waals surface area contributed by atoms with Crippen LogP contribution in [-0.4, -0.2) is 19.8 Å². The van der Waals surface area contributed by atoms with Gasteiger partial charge >= 0.3 is 17.1 Å². The quantitative estimate of drug-likeness (QED) is 0.476. The molecule has 0 amide bonds. The standard InChI is InChI=1S/C10H12O2.C7H8.Cu.HI/c1-2-4-9(5-3-1)10-8-11-6-7-12-10;1-7-5-3-2-4-6-7;;/h1-5,10H,6-8H2;2-6H,1H3;;1H/q;;+1;/p-1. The van der Waals surface area contributed by atoms with E-state index in [9.17, 15) is 0 Å². The fourth-order valence-corrected chi connectivity index (χ4v) is 1.88. The van der Waals surface area contributed by atoms with Crippen LogP contribution in [0.15, 0.2) is 60.7 Å². The van der Waals surface area contributed by atoms with E-state index in [1.807, 2.05) is 36.4 Å². The zero-order valence-electron chi connectivity index (χ0n) is 12.0. The summed E-state index contributed by atoms with van der Waals surface area (Å²) in [6.07, 6.45) is 0.139. The predicted octanol–water partition coefficient (Wildman–Crippen LogP) is 0.771. The Hall–Kier alpha value is -0.391. The molecule has 1 fully saturated rings. The maximum Gasteiger partial charge on any atom is 1.00 e. The van der Waals surface area contributed by atoms with E-state index in [1.54, 1.807) is 0 Å². The molecule has 0 N–H and O–H groups in total. The molecule has 0 radical (unpaired) electrons. The third kappa shape index (κ3) is 7.98. The van der Waals surface area contributed by atoms with Crippen LogP contribution in [0.3, 0.4) is 0 Å². The largest absolute Gasteiger partial charge is 1.00 e. The first-order valence-corrected chi connectivity index (χ1v) is 6.62. The van der Waals surface area contributed by atoms with Gasteiger partial charge in [0.15, 0.2) is 0 Å². The Bertz CT molecular complexity index is 459. The van der Waals surface area contributed by atoms with Gasteiger partial charge in [-0.1, -0.05) is 66.2 Å². The predicted molar refractivity (Wildman–Crippen MR) is 77.1 cm³/mol. The second-order valence-corrected chi connectivity index (χ2v) is 4.50. The molecule has 0 bridgehead atoms. The maximum absolute atomic E-state index is 5.54. The van der Waals surface area contributed by atoms with Crippen LogP contribution in [0.5, 0.6) is 0 Å². The van der Waals surface area contributed by atoms with E-state index in [2.05, 4.69) is 31.2 Å². The minimum Gasteiger partial charge on any atom is -1.00 e. The van der Waals surface area contributed by atoms with Crippen LogP contribution >= 0.6 is 0 Å². The fraction of sp³-hybridized carbons (Fsp3) is 0.294. The molecule has 0 saturated carbocycles. The van der Waals surface area contributed by atoms with Crippen molar-refractivity contribution in [2.45, 2.75) is 13.0 Å². The molecule has 2 nitrogen and oxygen atoms in total. The summed E-state index contributed by atoms with van der Waals surface area (Å²) in [5.74, 6) is 0. The Morgan fingerprint density at radius 1 is 0.857 bits per heavy atom. The van der Waals surface area contributed by atoms with E-state index in [4.69, 9.17) is 9.47 Å². The Labute approximate surface area is 154 Å². The Kier molecular flexibility index (Phi) is 12.0. The number of benzene rings is 2. The number of aryl methyl sites for hydroxylation is 1. The molecule has 1 atom stereocenters. The van der Waals surface area contributed by atoms with Crippen LogP contribution in [0.4, 0.5) is 0 Å². The van der Waals surface area contributed by atoms with E-state index in [-0.39, 0.29) is 47.1 Å². The van der Waals surface area contributed by atoms with Crippen LogP contribution in [0.1, 0.15) is 17.2 Å². The maximum atomic E-state index is 5.54. The van der Waals surface area contributed by atoms with Gasteiger partial charge in [0.25, 0.3) is 0 Å². The molecular weight excluding hydrogens is 427 g/mol. The van der Waals surface area contributed by atoms with E-state index < -0.39 is 0 Å². The first-order valence-electron chi connectivity index (χ1n) is 6.62. The molecule has 118 valence electrons. The first kappa shape index (κ1) is 20.6. The Morgan fingerprint density at radius 3 is 1.86 bits per heavy atom. The van der Waals surface area contributed by atoms with Crippen molar-refractivity contribution >= 4 is 0 Å². The normalized spacial score (nSPS) is 16.5. The van der Waals surface area contributed by atoms with Crippen LogP contribution in [-0.2, 0) is 26.5 Å². The summed E-state index contributed by atoms with van der Waals surface area (Å²) < 4.78 is 10.9. The van der Waals surface area contributed by atoms with Crippen LogP contribution < -0.4 is 24.0 Å². The zero-order valence-corrected chi connectivity index (χ0v) is 15.1. The van der Waals surface area contributed by atoms with Crippen molar-refractivity contribution in [1.82, 2.24) is 0 Å². The van der Waals surface area contributed by atoms with Gasteiger partial charge in [0.05, 0.1) is 19.8 Å². The van der Waals surface area contributed by atoms with Gasteiger partial charge in [0.1, 0.15) is 6.10 Å². The number of hydrogen-bond donors (Lipinski definition) is 0. The van der Waals surface area contributed by atoms with E-state index in [0.717, 1.165) is 6.61 Å². The molecule has 4 heteroatoms. The van der Waals surface area contributed by atoms with Gasteiger partial charge in [-0.25, -0.2) is 0 Å². The third-order valence-corrected chi connectivity index (χ3v) is 2.93. The SMILES string of the molecule is Cc1ccccc1.[Cu+].[I-].c1ccc(C2COCCO2)cc1. The summed E-state index contributed by atoms with van der Waals surface area (Å²) in [4.78, 5) is 0. The molecule has 1 unspecified atom stereocenters. The van der Waals surface area contributed by atoms with Crippen LogP contribution in [0.25, 0.3) is 0 Å². The van der Waals surface area contributed by atoms with Crippen molar-refractivity contribution in [2.75, 3.05) is 19.8 Å². The van der Waals surface area contributed by atoms with Crippen LogP contribution in [0, 0.1) is 6.92 Å². The molecular formula is C17H20CuIO2. The number of rotatable bonds is 1. The summed E-state index contributed by atoms with van der Waals surface area (Å²) in [7, 11) is 0. The first-order chi connectivity index (χ1) is 9.36. The van der Waals surface area contributed by atoms with Gasteiger partial charge in [-0.2, -0.15) is 0 Å². The van der Waals surface area contributed by atoms with Gasteiger partial charge in [0.2, 0.25) is 0 Å². The average Bonchev–Trinajstić information content (AvgIpc) is 2.51. The summed E-state index contributed by atoms with van der Waals surface area (Å²) in [5, 5.41) is 0. The zero-order chi connectivity index (χ0) is 13.3. The van der Waals surface area contributed by atoms with Gasteiger partial charge in [0, 0.05) is 0 Å². The molecule has 1 aliphatic rings. The Morgan fingerprint density at radius 2 is 1.43 bits per heavy atom. The summed E-state index contributed by atoms with van der Waals surface area (Å²) in [6.45, 7) is 4.20. The smallest absolute Gasteiger partial charge is 1.00 e. The number of ether oxygens (including phenoxy) is 2. The van der Waals surface area contributed by atoms with E-state index in [1.165, 1.54) is 11.1 Å². The van der Waals surface area contributed by atoms with Crippen molar-refractivity contribution in [3.05, 3.63) is 71.8 Å². The number of hydrogen-bond acceptors (Lipinski definition) is 2. The summed E-state index contributed by atoms with van der Waals surface area (Å²) in [6, 6.07) is 20.4. The minimum absolute atomic E-state index is 0. The van der Waals surface area contributed by atoms with Crippen molar-refractivity contribution in [3.8, 4) is 0 Å². The van der Waals surface area contributed by atoms with Crippen LogP contribution in [0.2, 0.25) is 0 Å².